The normalized spacial score (nSPS) is 15.7. The van der Waals surface area contributed by atoms with E-state index >= 15 is 0 Å². The van der Waals surface area contributed by atoms with Gasteiger partial charge in [-0.25, -0.2) is 12.8 Å². The Kier molecular flexibility index (Phi) is 5.61. The van der Waals surface area contributed by atoms with Crippen LogP contribution in [0.5, 0.6) is 0 Å². The van der Waals surface area contributed by atoms with Crippen LogP contribution in [0.25, 0.3) is 0 Å². The van der Waals surface area contributed by atoms with E-state index in [1.165, 1.54) is 15.3 Å². The van der Waals surface area contributed by atoms with Gasteiger partial charge in [-0.1, -0.05) is 6.42 Å². The van der Waals surface area contributed by atoms with Gasteiger partial charge in [-0.15, -0.1) is 0 Å². The lowest BCUT2D eigenvalue weighted by Gasteiger charge is -2.26. The van der Waals surface area contributed by atoms with Crippen molar-refractivity contribution in [1.82, 2.24) is 19.0 Å². The lowest BCUT2D eigenvalue weighted by atomic mass is 10.2. The molecule has 27 heavy (non-hydrogen) atoms. The number of hydrogen-bond acceptors (Lipinski definition) is 4. The van der Waals surface area contributed by atoms with Gasteiger partial charge in [0.1, 0.15) is 10.7 Å². The topological polar surface area (TPSA) is 75.5 Å². The number of aromatic nitrogens is 2. The molecule has 0 aliphatic carbocycles. The molecular weight excluding hydrogens is 371 g/mol. The smallest absolute Gasteiger partial charge is 0.253 e. The van der Waals surface area contributed by atoms with Crippen molar-refractivity contribution in [2.24, 2.45) is 7.05 Å². The Labute approximate surface area is 158 Å². The molecular formula is C18H23FN4O3S. The minimum absolute atomic E-state index is 0.137. The van der Waals surface area contributed by atoms with E-state index in [-0.39, 0.29) is 11.5 Å². The molecule has 0 radical (unpaired) electrons. The summed E-state index contributed by atoms with van der Waals surface area (Å²) in [4.78, 5) is 13.7. The first-order chi connectivity index (χ1) is 12.8. The summed E-state index contributed by atoms with van der Waals surface area (Å²) >= 11 is 0. The van der Waals surface area contributed by atoms with Crippen LogP contribution >= 0.6 is 0 Å². The molecule has 0 atom stereocenters. The van der Waals surface area contributed by atoms with E-state index in [1.807, 2.05) is 0 Å². The Morgan fingerprint density at radius 2 is 1.96 bits per heavy atom. The lowest BCUT2D eigenvalue weighted by molar-refractivity contribution is 0.0784. The van der Waals surface area contributed by atoms with Crippen LogP contribution in [0.3, 0.4) is 0 Å². The second kappa shape index (κ2) is 7.77. The van der Waals surface area contributed by atoms with Crippen molar-refractivity contribution < 1.29 is 17.6 Å². The maximum absolute atomic E-state index is 14.3. The summed E-state index contributed by atoms with van der Waals surface area (Å²) < 4.78 is 42.8. The van der Waals surface area contributed by atoms with Gasteiger partial charge in [0.05, 0.1) is 6.20 Å². The van der Waals surface area contributed by atoms with E-state index in [0.29, 0.717) is 19.6 Å². The number of benzene rings is 1. The summed E-state index contributed by atoms with van der Waals surface area (Å²) in [6, 6.07) is 3.50. The molecule has 0 N–H and O–H groups in total. The second-order valence-electron chi connectivity index (χ2n) is 6.79. The van der Waals surface area contributed by atoms with Crippen LogP contribution in [0.15, 0.2) is 35.5 Å². The SMILES string of the molecule is CN(Cc1cnn(C)c1)C(=O)c1ccc(F)c(S(=O)(=O)N2CCCCC2)c1. The largest absolute Gasteiger partial charge is 0.337 e. The zero-order valence-electron chi connectivity index (χ0n) is 15.4. The number of carbonyl (C=O) groups excluding carboxylic acids is 1. The van der Waals surface area contributed by atoms with E-state index in [2.05, 4.69) is 5.10 Å². The molecule has 0 saturated carbocycles. The summed E-state index contributed by atoms with van der Waals surface area (Å²) in [5.41, 5.74) is 0.981. The Balaban J connectivity index is 1.84. The number of carbonyl (C=O) groups is 1. The third-order valence-corrected chi connectivity index (χ3v) is 6.55. The summed E-state index contributed by atoms with van der Waals surface area (Å²) in [6.07, 6.45) is 5.92. The van der Waals surface area contributed by atoms with Gasteiger partial charge in [0.2, 0.25) is 10.0 Å². The summed E-state index contributed by atoms with van der Waals surface area (Å²) in [5.74, 6) is -1.22. The van der Waals surface area contributed by atoms with Crippen LogP contribution in [0.2, 0.25) is 0 Å². The number of sulfonamides is 1. The first kappa shape index (κ1) is 19.5. The van der Waals surface area contributed by atoms with Crippen LogP contribution in [0.1, 0.15) is 35.2 Å². The fraction of sp³-hybridized carbons (Fsp3) is 0.444. The van der Waals surface area contributed by atoms with Gasteiger partial charge in [0.15, 0.2) is 0 Å². The molecule has 146 valence electrons. The Hall–Kier alpha value is -2.26. The van der Waals surface area contributed by atoms with Gasteiger partial charge in [-0.2, -0.15) is 9.40 Å². The fourth-order valence-electron chi connectivity index (χ4n) is 3.20. The molecule has 0 unspecified atom stereocenters. The first-order valence-electron chi connectivity index (χ1n) is 8.82. The van der Waals surface area contributed by atoms with Gasteiger partial charge >= 0.3 is 0 Å². The molecule has 1 aromatic carbocycles. The zero-order valence-corrected chi connectivity index (χ0v) is 16.2. The van der Waals surface area contributed by atoms with Gasteiger partial charge < -0.3 is 4.90 Å². The Bertz CT molecular complexity index is 936. The molecule has 1 aliphatic rings. The number of rotatable bonds is 5. The van der Waals surface area contributed by atoms with Gasteiger partial charge in [0.25, 0.3) is 5.91 Å². The van der Waals surface area contributed by atoms with Crippen molar-refractivity contribution in [3.8, 4) is 0 Å². The van der Waals surface area contributed by atoms with E-state index < -0.39 is 20.7 Å². The van der Waals surface area contributed by atoms with Crippen molar-refractivity contribution in [3.05, 3.63) is 47.5 Å². The lowest BCUT2D eigenvalue weighted by Crippen LogP contribution is -2.36. The Morgan fingerprint density at radius 3 is 2.59 bits per heavy atom. The van der Waals surface area contributed by atoms with Crippen molar-refractivity contribution >= 4 is 15.9 Å². The summed E-state index contributed by atoms with van der Waals surface area (Å²) in [6.45, 7) is 1.07. The third kappa shape index (κ3) is 4.19. The predicted octanol–water partition coefficient (Wildman–Crippen LogP) is 2.01. The van der Waals surface area contributed by atoms with Crippen molar-refractivity contribution in [3.63, 3.8) is 0 Å². The molecule has 1 aromatic heterocycles. The predicted molar refractivity (Wildman–Crippen MR) is 98.0 cm³/mol. The maximum Gasteiger partial charge on any atom is 0.253 e. The molecule has 7 nitrogen and oxygen atoms in total. The summed E-state index contributed by atoms with van der Waals surface area (Å²) in [7, 11) is -0.566. The number of halogens is 1. The fourth-order valence-corrected chi connectivity index (χ4v) is 4.81. The molecule has 1 amide bonds. The first-order valence-corrected chi connectivity index (χ1v) is 10.3. The van der Waals surface area contributed by atoms with Gasteiger partial charge in [-0.3, -0.25) is 9.48 Å². The summed E-state index contributed by atoms with van der Waals surface area (Å²) in [5, 5.41) is 4.06. The maximum atomic E-state index is 14.3. The van der Waals surface area contributed by atoms with Crippen LogP contribution < -0.4 is 0 Å². The second-order valence-corrected chi connectivity index (χ2v) is 8.70. The number of amides is 1. The minimum atomic E-state index is -3.96. The molecule has 1 fully saturated rings. The molecule has 0 bridgehead atoms. The van der Waals surface area contributed by atoms with E-state index in [9.17, 15) is 17.6 Å². The molecule has 2 aromatic rings. The average molecular weight is 394 g/mol. The van der Waals surface area contributed by atoms with E-state index in [0.717, 1.165) is 37.0 Å². The Morgan fingerprint density at radius 1 is 1.26 bits per heavy atom. The monoisotopic (exact) mass is 394 g/mol. The molecule has 1 saturated heterocycles. The number of piperidine rings is 1. The highest BCUT2D eigenvalue weighted by atomic mass is 32.2. The number of hydrogen-bond donors (Lipinski definition) is 0. The molecule has 1 aliphatic heterocycles. The van der Waals surface area contributed by atoms with Crippen LogP contribution in [0.4, 0.5) is 4.39 Å². The minimum Gasteiger partial charge on any atom is -0.337 e. The average Bonchev–Trinajstić information content (AvgIpc) is 3.06. The van der Waals surface area contributed by atoms with Crippen molar-refractivity contribution in [2.75, 3.05) is 20.1 Å². The zero-order chi connectivity index (χ0) is 19.6. The molecule has 3 rings (SSSR count). The molecule has 0 spiro atoms. The van der Waals surface area contributed by atoms with Gasteiger partial charge in [-0.05, 0) is 31.0 Å². The highest BCUT2D eigenvalue weighted by molar-refractivity contribution is 7.89. The van der Waals surface area contributed by atoms with Gasteiger partial charge in [0, 0.05) is 51.1 Å². The highest BCUT2D eigenvalue weighted by Crippen LogP contribution is 2.24. The van der Waals surface area contributed by atoms with Crippen LogP contribution in [0, 0.1) is 5.82 Å². The number of nitrogens with zero attached hydrogens (tertiary/aromatic N) is 4. The van der Waals surface area contributed by atoms with Crippen molar-refractivity contribution in [2.45, 2.75) is 30.7 Å². The standard InChI is InChI=1S/C18H23FN4O3S/c1-21(12-14-11-20-22(2)13-14)18(24)15-6-7-16(19)17(10-15)27(25,26)23-8-4-3-5-9-23/h6-7,10-11,13H,3-5,8-9,12H2,1-2H3. The van der Waals surface area contributed by atoms with Crippen molar-refractivity contribution in [1.29, 1.82) is 0 Å². The highest BCUT2D eigenvalue weighted by Gasteiger charge is 2.29. The van der Waals surface area contributed by atoms with Crippen LogP contribution in [-0.2, 0) is 23.6 Å². The van der Waals surface area contributed by atoms with Crippen LogP contribution in [-0.4, -0.2) is 53.4 Å². The van der Waals surface area contributed by atoms with E-state index in [4.69, 9.17) is 0 Å². The molecule has 9 heteroatoms. The number of aryl methyl sites for hydroxylation is 1. The third-order valence-electron chi connectivity index (χ3n) is 4.64. The molecule has 2 heterocycles. The quantitative estimate of drug-likeness (QED) is 0.777. The van der Waals surface area contributed by atoms with E-state index in [1.54, 1.807) is 31.2 Å².